The number of fused-ring (bicyclic) bond motifs is 1. The summed E-state index contributed by atoms with van der Waals surface area (Å²) in [5.74, 6) is 11.6. The van der Waals surface area contributed by atoms with Gasteiger partial charge in [-0.1, -0.05) is 31.6 Å². The van der Waals surface area contributed by atoms with E-state index in [1.54, 1.807) is 6.92 Å². The van der Waals surface area contributed by atoms with Gasteiger partial charge in [0, 0.05) is 36.9 Å². The molecule has 3 saturated carbocycles. The van der Waals surface area contributed by atoms with Crippen LogP contribution in [0.2, 0.25) is 0 Å². The van der Waals surface area contributed by atoms with E-state index in [2.05, 4.69) is 34.5 Å². The van der Waals surface area contributed by atoms with Crippen LogP contribution in [0, 0.1) is 53.3 Å². The van der Waals surface area contributed by atoms with Gasteiger partial charge in [0.1, 0.15) is 6.10 Å². The van der Waals surface area contributed by atoms with Gasteiger partial charge < -0.3 is 20.8 Å². The Morgan fingerprint density at radius 1 is 0.974 bits per heavy atom. The zero-order valence-corrected chi connectivity index (χ0v) is 24.8. The van der Waals surface area contributed by atoms with Gasteiger partial charge in [0.2, 0.25) is 0 Å². The summed E-state index contributed by atoms with van der Waals surface area (Å²) in [7, 11) is 0. The van der Waals surface area contributed by atoms with E-state index in [1.807, 2.05) is 0 Å². The molecule has 0 aromatic rings. The number of hydrogen-bond acceptors (Lipinski definition) is 6. The number of rotatable bonds is 9. The van der Waals surface area contributed by atoms with E-state index < -0.39 is 6.10 Å². The summed E-state index contributed by atoms with van der Waals surface area (Å²) in [6, 6.07) is 0.857. The highest BCUT2D eigenvalue weighted by Gasteiger charge is 2.45. The molecule has 0 amide bonds. The Morgan fingerprint density at radius 2 is 1.67 bits per heavy atom. The number of aliphatic hydroxyl groups is 2. The lowest BCUT2D eigenvalue weighted by Crippen LogP contribution is -2.45. The SMILES string of the molecule is CC1CCC(C#CC2CCC(CN3O[C@H]([C@H](C)O)[C@H](CO)[C@@H]3CNCCC3CNC4CCCCC34)CC2)CC1. The first kappa shape index (κ1) is 29.8. The Morgan fingerprint density at radius 3 is 2.36 bits per heavy atom. The zero-order chi connectivity index (χ0) is 27.2. The molecule has 5 rings (SSSR count). The standard InChI is InChI=1S/C33H57N3O3/c1-23-7-9-25(10-8-23)11-12-26-13-15-27(16-14-26)21-36-32(30(22-37)33(39-36)24(2)38)20-34-18-17-28-19-35-31-6-4-3-5-29(28)31/h23-35,37-38H,3-10,13-22H2,1-2H3/t23?,24-,25?,26?,27?,28?,29?,30+,31?,32-,33+/m0/s1. The fourth-order valence-electron chi connectivity index (χ4n) is 8.52. The van der Waals surface area contributed by atoms with Crippen molar-refractivity contribution < 1.29 is 15.1 Å². The largest absolute Gasteiger partial charge is 0.396 e. The predicted molar refractivity (Wildman–Crippen MR) is 157 cm³/mol. The average Bonchev–Trinajstić information content (AvgIpc) is 3.52. The van der Waals surface area contributed by atoms with Crippen LogP contribution >= 0.6 is 0 Å². The van der Waals surface area contributed by atoms with Gasteiger partial charge in [-0.3, -0.25) is 4.84 Å². The quantitative estimate of drug-likeness (QED) is 0.256. The lowest BCUT2D eigenvalue weighted by Gasteiger charge is -2.32. The lowest BCUT2D eigenvalue weighted by molar-refractivity contribution is -0.190. The van der Waals surface area contributed by atoms with Crippen molar-refractivity contribution in [1.29, 1.82) is 0 Å². The molecule has 0 radical (unpaired) electrons. The minimum absolute atomic E-state index is 0.0526. The minimum atomic E-state index is -0.587. The summed E-state index contributed by atoms with van der Waals surface area (Å²) < 4.78 is 0. The third kappa shape index (κ3) is 7.79. The van der Waals surface area contributed by atoms with Crippen molar-refractivity contribution in [2.24, 2.45) is 41.4 Å². The predicted octanol–water partition coefficient (Wildman–Crippen LogP) is 4.35. The van der Waals surface area contributed by atoms with Gasteiger partial charge in [-0.2, -0.15) is 5.06 Å². The Hall–Kier alpha value is -0.680. The number of nitrogens with one attached hydrogen (secondary N) is 2. The fraction of sp³-hybridized carbons (Fsp3) is 0.939. The Labute approximate surface area is 238 Å². The lowest BCUT2D eigenvalue weighted by atomic mass is 9.79. The van der Waals surface area contributed by atoms with Crippen LogP contribution in [0.4, 0.5) is 0 Å². The molecule has 2 saturated heterocycles. The van der Waals surface area contributed by atoms with Crippen molar-refractivity contribution in [3.05, 3.63) is 0 Å². The molecule has 222 valence electrons. The molecule has 6 heteroatoms. The van der Waals surface area contributed by atoms with Gasteiger partial charge in [0.25, 0.3) is 0 Å². The van der Waals surface area contributed by atoms with Crippen LogP contribution in [-0.2, 0) is 4.84 Å². The number of hydroxylamine groups is 2. The summed E-state index contributed by atoms with van der Waals surface area (Å²) >= 11 is 0. The minimum Gasteiger partial charge on any atom is -0.396 e. The molecule has 39 heavy (non-hydrogen) atoms. The van der Waals surface area contributed by atoms with E-state index in [1.165, 1.54) is 90.0 Å². The van der Waals surface area contributed by atoms with Crippen molar-refractivity contribution >= 4 is 0 Å². The normalized spacial score (nSPS) is 42.1. The van der Waals surface area contributed by atoms with E-state index in [-0.39, 0.29) is 24.7 Å². The molecule has 2 aliphatic heterocycles. The Kier molecular flexibility index (Phi) is 11.1. The van der Waals surface area contributed by atoms with E-state index in [0.717, 1.165) is 43.4 Å². The van der Waals surface area contributed by atoms with Crippen LogP contribution in [0.15, 0.2) is 0 Å². The van der Waals surface area contributed by atoms with Crippen LogP contribution in [-0.4, -0.2) is 72.4 Å². The van der Waals surface area contributed by atoms with Gasteiger partial charge in [-0.15, -0.1) is 0 Å². The van der Waals surface area contributed by atoms with Crippen molar-refractivity contribution in [1.82, 2.24) is 15.7 Å². The molecule has 3 unspecified atom stereocenters. The van der Waals surface area contributed by atoms with Crippen molar-refractivity contribution in [2.75, 3.05) is 32.8 Å². The van der Waals surface area contributed by atoms with E-state index >= 15 is 0 Å². The third-order valence-electron chi connectivity index (χ3n) is 11.1. The molecule has 0 aromatic heterocycles. The molecule has 5 fully saturated rings. The highest BCUT2D eigenvalue weighted by molar-refractivity contribution is 5.09. The number of aliphatic hydroxyl groups excluding tert-OH is 2. The van der Waals surface area contributed by atoms with Gasteiger partial charge in [0.05, 0.1) is 18.8 Å². The van der Waals surface area contributed by atoms with Gasteiger partial charge in [-0.05, 0) is 114 Å². The van der Waals surface area contributed by atoms with E-state index in [9.17, 15) is 10.2 Å². The van der Waals surface area contributed by atoms with Crippen LogP contribution in [0.3, 0.4) is 0 Å². The molecular weight excluding hydrogens is 486 g/mol. The third-order valence-corrected chi connectivity index (χ3v) is 11.1. The summed E-state index contributed by atoms with van der Waals surface area (Å²) in [6.07, 6.45) is 15.9. The Balaban J connectivity index is 1.09. The van der Waals surface area contributed by atoms with Gasteiger partial charge >= 0.3 is 0 Å². The topological polar surface area (TPSA) is 77.0 Å². The molecule has 3 aliphatic carbocycles. The van der Waals surface area contributed by atoms with Crippen LogP contribution in [0.25, 0.3) is 0 Å². The summed E-state index contributed by atoms with van der Waals surface area (Å²) in [4.78, 5) is 6.35. The maximum Gasteiger partial charge on any atom is 0.111 e. The van der Waals surface area contributed by atoms with Crippen molar-refractivity contribution in [3.8, 4) is 11.8 Å². The van der Waals surface area contributed by atoms with E-state index in [4.69, 9.17) is 4.84 Å². The van der Waals surface area contributed by atoms with Crippen molar-refractivity contribution in [3.63, 3.8) is 0 Å². The fourth-order valence-corrected chi connectivity index (χ4v) is 8.52. The monoisotopic (exact) mass is 543 g/mol. The van der Waals surface area contributed by atoms with Gasteiger partial charge in [-0.25, -0.2) is 0 Å². The van der Waals surface area contributed by atoms with E-state index in [0.29, 0.717) is 17.8 Å². The molecule has 2 heterocycles. The molecule has 4 N–H and O–H groups in total. The summed E-state index contributed by atoms with van der Waals surface area (Å²) in [5, 5.41) is 30.4. The van der Waals surface area contributed by atoms with Crippen LogP contribution in [0.5, 0.6) is 0 Å². The maximum atomic E-state index is 10.4. The zero-order valence-electron chi connectivity index (χ0n) is 24.8. The maximum absolute atomic E-state index is 10.4. The smallest absolute Gasteiger partial charge is 0.111 e. The highest BCUT2D eigenvalue weighted by Crippen LogP contribution is 2.37. The average molecular weight is 544 g/mol. The second-order valence-corrected chi connectivity index (χ2v) is 14.0. The molecule has 6 nitrogen and oxygen atoms in total. The van der Waals surface area contributed by atoms with Crippen LogP contribution < -0.4 is 10.6 Å². The molecule has 0 bridgehead atoms. The van der Waals surface area contributed by atoms with Crippen molar-refractivity contribution in [2.45, 2.75) is 122 Å². The molecule has 0 spiro atoms. The molecular formula is C33H57N3O3. The first-order valence-corrected chi connectivity index (χ1v) is 16.7. The highest BCUT2D eigenvalue weighted by atomic mass is 16.7. The number of nitrogens with zero attached hydrogens (tertiary/aromatic N) is 1. The summed E-state index contributed by atoms with van der Waals surface area (Å²) in [6.45, 7) is 8.11. The molecule has 5 aliphatic rings. The second-order valence-electron chi connectivity index (χ2n) is 14.0. The van der Waals surface area contributed by atoms with Gasteiger partial charge in [0.15, 0.2) is 0 Å². The molecule has 0 aromatic carbocycles. The first-order valence-electron chi connectivity index (χ1n) is 16.7. The number of hydrogen-bond donors (Lipinski definition) is 4. The molecule has 7 atom stereocenters. The van der Waals surface area contributed by atoms with Crippen LogP contribution in [0.1, 0.15) is 97.3 Å². The summed E-state index contributed by atoms with van der Waals surface area (Å²) in [5.41, 5.74) is 0. The second kappa shape index (κ2) is 14.5. The Bertz CT molecular complexity index is 796. The first-order chi connectivity index (χ1) is 19.0.